The molecule has 1 N–H and O–H groups in total. The molecule has 1 fully saturated rings. The minimum atomic E-state index is 0.556. The van der Waals surface area contributed by atoms with Crippen molar-refractivity contribution in [3.63, 3.8) is 0 Å². The Morgan fingerprint density at radius 3 is 2.61 bits per heavy atom. The van der Waals surface area contributed by atoms with Gasteiger partial charge in [-0.2, -0.15) is 0 Å². The fourth-order valence-corrected chi connectivity index (χ4v) is 3.16. The van der Waals surface area contributed by atoms with E-state index in [1.807, 2.05) is 14.1 Å². The number of hydrogen-bond acceptors (Lipinski definition) is 3. The summed E-state index contributed by atoms with van der Waals surface area (Å²) in [6.07, 6.45) is 5.33. The van der Waals surface area contributed by atoms with Gasteiger partial charge in [0, 0.05) is 20.6 Å². The fourth-order valence-electron chi connectivity index (χ4n) is 2.57. The zero-order chi connectivity index (χ0) is 13.1. The van der Waals surface area contributed by atoms with Crippen LogP contribution in [0.5, 0.6) is 0 Å². The van der Waals surface area contributed by atoms with Crippen LogP contribution < -0.4 is 10.2 Å². The Balaban J connectivity index is 2.15. The minimum absolute atomic E-state index is 0.556. The van der Waals surface area contributed by atoms with Crippen LogP contribution >= 0.6 is 23.2 Å². The van der Waals surface area contributed by atoms with E-state index >= 15 is 0 Å². The third-order valence-corrected chi connectivity index (χ3v) is 4.08. The summed E-state index contributed by atoms with van der Waals surface area (Å²) in [5.41, 5.74) is 0. The van der Waals surface area contributed by atoms with Gasteiger partial charge in [-0.25, -0.2) is 4.98 Å². The summed E-state index contributed by atoms with van der Waals surface area (Å²) in [7, 11) is 3.85. The predicted molar refractivity (Wildman–Crippen MR) is 79.0 cm³/mol. The Kier molecular flexibility index (Phi) is 4.57. The van der Waals surface area contributed by atoms with Gasteiger partial charge >= 0.3 is 0 Å². The van der Waals surface area contributed by atoms with E-state index in [2.05, 4.69) is 15.2 Å². The summed E-state index contributed by atoms with van der Waals surface area (Å²) in [6.45, 7) is 1.01. The Bertz CT molecular complexity index is 417. The second-order valence-corrected chi connectivity index (χ2v) is 5.72. The quantitative estimate of drug-likeness (QED) is 0.905. The molecular weight excluding hydrogens is 269 g/mol. The topological polar surface area (TPSA) is 28.2 Å². The third kappa shape index (κ3) is 3.01. The lowest BCUT2D eigenvalue weighted by molar-refractivity contribution is 0.545. The monoisotopic (exact) mass is 287 g/mol. The predicted octanol–water partition coefficient (Wildman–Crippen LogP) is 4.06. The molecule has 2 rings (SSSR count). The Labute approximate surface area is 118 Å². The summed E-state index contributed by atoms with van der Waals surface area (Å²) in [5, 5.41) is 4.15. The first-order chi connectivity index (χ1) is 8.61. The molecule has 1 saturated carbocycles. The molecule has 1 aromatic rings. The summed E-state index contributed by atoms with van der Waals surface area (Å²) in [5.74, 6) is 2.24. The first kappa shape index (κ1) is 13.8. The largest absolute Gasteiger partial charge is 0.372 e. The first-order valence-corrected chi connectivity index (χ1v) is 7.12. The Hall–Kier alpha value is -0.670. The lowest BCUT2D eigenvalue weighted by Gasteiger charge is -2.23. The number of rotatable bonds is 4. The van der Waals surface area contributed by atoms with E-state index in [1.165, 1.54) is 25.7 Å². The van der Waals surface area contributed by atoms with Gasteiger partial charge in [0.15, 0.2) is 0 Å². The van der Waals surface area contributed by atoms with Gasteiger partial charge in [0.05, 0.1) is 10.0 Å². The fraction of sp³-hybridized carbons (Fsp3) is 0.615. The minimum Gasteiger partial charge on any atom is -0.372 e. The molecule has 0 atom stereocenters. The number of nitrogens with zero attached hydrogens (tertiary/aromatic N) is 2. The van der Waals surface area contributed by atoms with Crippen LogP contribution in [0.1, 0.15) is 25.7 Å². The molecule has 0 spiro atoms. The van der Waals surface area contributed by atoms with Crippen LogP contribution in [0.3, 0.4) is 0 Å². The number of pyridine rings is 1. The van der Waals surface area contributed by atoms with Crippen LogP contribution in [0.2, 0.25) is 10.0 Å². The highest BCUT2D eigenvalue weighted by atomic mass is 35.5. The van der Waals surface area contributed by atoms with Gasteiger partial charge in [-0.3, -0.25) is 0 Å². The van der Waals surface area contributed by atoms with Gasteiger partial charge in [0.1, 0.15) is 11.6 Å². The highest BCUT2D eigenvalue weighted by molar-refractivity contribution is 6.37. The summed E-state index contributed by atoms with van der Waals surface area (Å²) >= 11 is 12.3. The van der Waals surface area contributed by atoms with E-state index in [0.717, 1.165) is 18.3 Å². The lowest BCUT2D eigenvalue weighted by Crippen LogP contribution is -2.25. The molecule has 1 aliphatic carbocycles. The van der Waals surface area contributed by atoms with E-state index in [9.17, 15) is 0 Å². The van der Waals surface area contributed by atoms with E-state index < -0.39 is 0 Å². The van der Waals surface area contributed by atoms with Crippen LogP contribution in [0.15, 0.2) is 6.07 Å². The molecule has 3 nitrogen and oxygen atoms in total. The smallest absolute Gasteiger partial charge is 0.149 e. The van der Waals surface area contributed by atoms with E-state index in [4.69, 9.17) is 23.2 Å². The standard InChI is InChI=1S/C13H19Cl2N3/c1-16-12-10(14)7-11(15)13(17-12)18(2)8-9-5-3-4-6-9/h7,9H,3-6,8H2,1-2H3,(H,16,17). The first-order valence-electron chi connectivity index (χ1n) is 6.36. The van der Waals surface area contributed by atoms with Crippen molar-refractivity contribution < 1.29 is 0 Å². The number of halogens is 2. The Morgan fingerprint density at radius 2 is 2.00 bits per heavy atom. The van der Waals surface area contributed by atoms with Gasteiger partial charge in [-0.05, 0) is 24.8 Å². The van der Waals surface area contributed by atoms with Crippen molar-refractivity contribution in [2.75, 3.05) is 30.9 Å². The van der Waals surface area contributed by atoms with Crippen molar-refractivity contribution in [1.82, 2.24) is 4.98 Å². The normalized spacial score (nSPS) is 16.0. The van der Waals surface area contributed by atoms with E-state index in [0.29, 0.717) is 15.9 Å². The van der Waals surface area contributed by atoms with Gasteiger partial charge < -0.3 is 10.2 Å². The average Bonchev–Trinajstić information content (AvgIpc) is 2.81. The van der Waals surface area contributed by atoms with Crippen LogP contribution in [0.25, 0.3) is 0 Å². The average molecular weight is 288 g/mol. The maximum absolute atomic E-state index is 6.22. The lowest BCUT2D eigenvalue weighted by atomic mass is 10.1. The second kappa shape index (κ2) is 5.98. The van der Waals surface area contributed by atoms with Crippen molar-refractivity contribution in [3.05, 3.63) is 16.1 Å². The highest BCUT2D eigenvalue weighted by Crippen LogP contribution is 2.32. The number of hydrogen-bond donors (Lipinski definition) is 1. The molecule has 100 valence electrons. The summed E-state index contributed by atoms with van der Waals surface area (Å²) in [4.78, 5) is 6.62. The molecule has 0 bridgehead atoms. The molecule has 0 radical (unpaired) electrons. The zero-order valence-corrected chi connectivity index (χ0v) is 12.4. The molecule has 18 heavy (non-hydrogen) atoms. The maximum Gasteiger partial charge on any atom is 0.149 e. The van der Waals surface area contributed by atoms with Gasteiger partial charge in [0.2, 0.25) is 0 Å². The molecule has 0 saturated heterocycles. The Morgan fingerprint density at radius 1 is 1.33 bits per heavy atom. The molecule has 1 aromatic heterocycles. The third-order valence-electron chi connectivity index (χ3n) is 3.52. The molecular formula is C13H19Cl2N3. The number of aromatic nitrogens is 1. The van der Waals surface area contributed by atoms with Crippen LogP contribution in [0.4, 0.5) is 11.6 Å². The van der Waals surface area contributed by atoms with Crippen LogP contribution in [-0.4, -0.2) is 25.6 Å². The summed E-state index contributed by atoms with van der Waals surface area (Å²) < 4.78 is 0. The van der Waals surface area contributed by atoms with Crippen molar-refractivity contribution in [2.24, 2.45) is 5.92 Å². The maximum atomic E-state index is 6.22. The molecule has 0 aliphatic heterocycles. The molecule has 0 amide bonds. The van der Waals surface area contributed by atoms with Crippen LogP contribution in [-0.2, 0) is 0 Å². The van der Waals surface area contributed by atoms with E-state index in [-0.39, 0.29) is 0 Å². The van der Waals surface area contributed by atoms with Crippen molar-refractivity contribution >= 4 is 34.8 Å². The highest BCUT2D eigenvalue weighted by Gasteiger charge is 2.19. The van der Waals surface area contributed by atoms with Crippen molar-refractivity contribution in [1.29, 1.82) is 0 Å². The molecule has 0 aromatic carbocycles. The molecule has 1 aliphatic rings. The van der Waals surface area contributed by atoms with Crippen LogP contribution in [0, 0.1) is 5.92 Å². The second-order valence-electron chi connectivity index (χ2n) is 4.91. The summed E-state index contributed by atoms with van der Waals surface area (Å²) in [6, 6.07) is 1.75. The molecule has 1 heterocycles. The van der Waals surface area contributed by atoms with Gasteiger partial charge in [-0.1, -0.05) is 36.0 Å². The number of anilines is 2. The number of nitrogens with one attached hydrogen (secondary N) is 1. The zero-order valence-electron chi connectivity index (χ0n) is 10.8. The van der Waals surface area contributed by atoms with Crippen molar-refractivity contribution in [3.8, 4) is 0 Å². The van der Waals surface area contributed by atoms with E-state index in [1.54, 1.807) is 6.07 Å². The SMILES string of the molecule is CNc1nc(N(C)CC2CCCC2)c(Cl)cc1Cl. The molecule has 0 unspecified atom stereocenters. The molecule has 5 heteroatoms. The van der Waals surface area contributed by atoms with Crippen molar-refractivity contribution in [2.45, 2.75) is 25.7 Å². The van der Waals surface area contributed by atoms with Gasteiger partial charge in [0.25, 0.3) is 0 Å². The van der Waals surface area contributed by atoms with Gasteiger partial charge in [-0.15, -0.1) is 0 Å².